The molecule has 7 nitrogen and oxygen atoms in total. The maximum atomic E-state index is 12.0. The van der Waals surface area contributed by atoms with Crippen molar-refractivity contribution in [3.63, 3.8) is 0 Å². The summed E-state index contributed by atoms with van der Waals surface area (Å²) in [5, 5.41) is 2.95. The number of rotatable bonds is 4. The first-order valence-electron chi connectivity index (χ1n) is 6.85. The molecule has 0 spiro atoms. The second-order valence-electron chi connectivity index (χ2n) is 4.89. The normalized spacial score (nSPS) is 17.9. The molecular formula is C14H18N6O. The van der Waals surface area contributed by atoms with E-state index in [-0.39, 0.29) is 11.9 Å². The van der Waals surface area contributed by atoms with Crippen molar-refractivity contribution in [1.82, 2.24) is 31.3 Å². The van der Waals surface area contributed by atoms with Crippen LogP contribution in [0.2, 0.25) is 0 Å². The van der Waals surface area contributed by atoms with Gasteiger partial charge in [-0.2, -0.15) is 5.53 Å². The van der Waals surface area contributed by atoms with Crippen LogP contribution in [-0.4, -0.2) is 28.0 Å². The van der Waals surface area contributed by atoms with Gasteiger partial charge in [0.15, 0.2) is 0 Å². The van der Waals surface area contributed by atoms with Crippen molar-refractivity contribution in [2.75, 3.05) is 6.54 Å². The molecule has 0 aliphatic carbocycles. The van der Waals surface area contributed by atoms with E-state index in [4.69, 9.17) is 0 Å². The standard InChI is InChI=1S/C14H18N6O/c1-10-15-6-7-20(10)13-5-3-2-4-11(13)8-16-14(21)12-9-17-19-18-12/h2-7,12,17-19H,8-9H2,1H3,(H,16,21). The molecule has 2 aromatic rings. The minimum atomic E-state index is -0.257. The smallest absolute Gasteiger partial charge is 0.240 e. The predicted octanol–water partition coefficient (Wildman–Crippen LogP) is -0.222. The Balaban J connectivity index is 1.74. The zero-order chi connectivity index (χ0) is 14.7. The molecule has 21 heavy (non-hydrogen) atoms. The summed E-state index contributed by atoms with van der Waals surface area (Å²) >= 11 is 0. The Kier molecular flexibility index (Phi) is 3.96. The highest BCUT2D eigenvalue weighted by atomic mass is 16.2. The van der Waals surface area contributed by atoms with Gasteiger partial charge in [0.25, 0.3) is 0 Å². The summed E-state index contributed by atoms with van der Waals surface area (Å²) in [7, 11) is 0. The summed E-state index contributed by atoms with van der Waals surface area (Å²) < 4.78 is 2.01. The zero-order valence-corrected chi connectivity index (χ0v) is 11.8. The van der Waals surface area contributed by atoms with Crippen LogP contribution in [0.15, 0.2) is 36.7 Å². The van der Waals surface area contributed by atoms with Crippen LogP contribution >= 0.6 is 0 Å². The molecule has 0 radical (unpaired) electrons. The highest BCUT2D eigenvalue weighted by Gasteiger charge is 2.21. The van der Waals surface area contributed by atoms with Gasteiger partial charge in [0.2, 0.25) is 5.91 Å². The monoisotopic (exact) mass is 286 g/mol. The van der Waals surface area contributed by atoms with E-state index in [1.165, 1.54) is 0 Å². The molecule has 0 saturated carbocycles. The maximum absolute atomic E-state index is 12.0. The zero-order valence-electron chi connectivity index (χ0n) is 11.8. The molecule has 0 bridgehead atoms. The molecule has 1 saturated heterocycles. The van der Waals surface area contributed by atoms with Crippen LogP contribution in [-0.2, 0) is 11.3 Å². The number of nitrogens with zero attached hydrogens (tertiary/aromatic N) is 2. The topological polar surface area (TPSA) is 83.0 Å². The number of hydrogen-bond donors (Lipinski definition) is 4. The Labute approximate surface area is 122 Å². The Hall–Kier alpha value is -2.22. The van der Waals surface area contributed by atoms with Crippen LogP contribution < -0.4 is 21.7 Å². The minimum absolute atomic E-state index is 0.0374. The van der Waals surface area contributed by atoms with E-state index in [0.717, 1.165) is 17.1 Å². The van der Waals surface area contributed by atoms with Crippen LogP contribution in [0.3, 0.4) is 0 Å². The predicted molar refractivity (Wildman–Crippen MR) is 78.2 cm³/mol. The Bertz CT molecular complexity index is 632. The lowest BCUT2D eigenvalue weighted by Crippen LogP contribution is -2.44. The average molecular weight is 286 g/mol. The van der Waals surface area contributed by atoms with E-state index in [0.29, 0.717) is 13.1 Å². The van der Waals surface area contributed by atoms with Gasteiger partial charge in [0, 0.05) is 25.5 Å². The molecule has 1 amide bonds. The number of carbonyl (C=O) groups excluding carboxylic acids is 1. The first-order valence-corrected chi connectivity index (χ1v) is 6.85. The third-order valence-electron chi connectivity index (χ3n) is 3.49. The second kappa shape index (κ2) is 6.04. The van der Waals surface area contributed by atoms with Crippen molar-refractivity contribution in [1.29, 1.82) is 0 Å². The molecule has 1 unspecified atom stereocenters. The summed E-state index contributed by atoms with van der Waals surface area (Å²) in [6.45, 7) is 2.99. The summed E-state index contributed by atoms with van der Waals surface area (Å²) in [5.41, 5.74) is 10.5. The van der Waals surface area contributed by atoms with Crippen LogP contribution in [0, 0.1) is 6.92 Å². The Morgan fingerprint density at radius 1 is 1.48 bits per heavy atom. The largest absolute Gasteiger partial charge is 0.350 e. The molecule has 1 fully saturated rings. The lowest BCUT2D eigenvalue weighted by molar-refractivity contribution is -0.122. The van der Waals surface area contributed by atoms with Gasteiger partial charge in [-0.25, -0.2) is 15.8 Å². The molecular weight excluding hydrogens is 268 g/mol. The highest BCUT2D eigenvalue weighted by molar-refractivity contribution is 5.82. The molecule has 2 heterocycles. The van der Waals surface area contributed by atoms with Gasteiger partial charge >= 0.3 is 0 Å². The number of imidazole rings is 1. The number of hydrazine groups is 2. The van der Waals surface area contributed by atoms with Crippen molar-refractivity contribution in [3.05, 3.63) is 48.0 Å². The number of benzene rings is 1. The van der Waals surface area contributed by atoms with Gasteiger partial charge in [-0.3, -0.25) is 4.79 Å². The summed E-state index contributed by atoms with van der Waals surface area (Å²) in [5.74, 6) is 0.879. The van der Waals surface area contributed by atoms with E-state index in [1.54, 1.807) is 6.20 Å². The van der Waals surface area contributed by atoms with E-state index < -0.39 is 0 Å². The summed E-state index contributed by atoms with van der Waals surface area (Å²) in [6, 6.07) is 7.72. The van der Waals surface area contributed by atoms with E-state index in [9.17, 15) is 4.79 Å². The first-order chi connectivity index (χ1) is 10.3. The fourth-order valence-corrected chi connectivity index (χ4v) is 2.33. The lowest BCUT2D eigenvalue weighted by atomic mass is 10.1. The number of aromatic nitrogens is 2. The van der Waals surface area contributed by atoms with Gasteiger partial charge < -0.3 is 9.88 Å². The van der Waals surface area contributed by atoms with Crippen molar-refractivity contribution in [2.45, 2.75) is 19.5 Å². The third-order valence-corrected chi connectivity index (χ3v) is 3.49. The molecule has 1 aliphatic heterocycles. The van der Waals surface area contributed by atoms with Crippen LogP contribution in [0.5, 0.6) is 0 Å². The number of carbonyl (C=O) groups is 1. The molecule has 1 aromatic carbocycles. The molecule has 7 heteroatoms. The van der Waals surface area contributed by atoms with Crippen LogP contribution in [0.4, 0.5) is 0 Å². The minimum Gasteiger partial charge on any atom is -0.350 e. The number of hydrogen-bond acceptors (Lipinski definition) is 5. The molecule has 110 valence electrons. The van der Waals surface area contributed by atoms with Crippen molar-refractivity contribution < 1.29 is 4.79 Å². The lowest BCUT2D eigenvalue weighted by Gasteiger charge is -2.14. The van der Waals surface area contributed by atoms with Gasteiger partial charge in [-0.1, -0.05) is 18.2 Å². The second-order valence-corrected chi connectivity index (χ2v) is 4.89. The first kappa shape index (κ1) is 13.7. The summed E-state index contributed by atoms with van der Waals surface area (Å²) in [6.07, 6.45) is 3.69. The average Bonchev–Trinajstić information content (AvgIpc) is 3.16. The SMILES string of the molecule is Cc1nccn1-c1ccccc1CNC(=O)C1CNNN1. The molecule has 1 atom stereocenters. The van der Waals surface area contributed by atoms with E-state index in [1.807, 2.05) is 42.0 Å². The number of para-hydroxylation sites is 1. The van der Waals surface area contributed by atoms with Crippen molar-refractivity contribution >= 4 is 5.91 Å². The fraction of sp³-hybridized carbons (Fsp3) is 0.286. The van der Waals surface area contributed by atoms with Crippen LogP contribution in [0.1, 0.15) is 11.4 Å². The Morgan fingerprint density at radius 3 is 3.05 bits per heavy atom. The molecule has 3 rings (SSSR count). The maximum Gasteiger partial charge on any atom is 0.240 e. The van der Waals surface area contributed by atoms with Gasteiger partial charge in [0.1, 0.15) is 11.9 Å². The van der Waals surface area contributed by atoms with E-state index in [2.05, 4.69) is 26.7 Å². The quantitative estimate of drug-likeness (QED) is 0.624. The number of amides is 1. The number of aryl methyl sites for hydroxylation is 1. The molecule has 1 aromatic heterocycles. The third kappa shape index (κ3) is 2.94. The van der Waals surface area contributed by atoms with Gasteiger partial charge in [-0.15, -0.1) is 0 Å². The highest BCUT2D eigenvalue weighted by Crippen LogP contribution is 2.15. The fourth-order valence-electron chi connectivity index (χ4n) is 2.33. The Morgan fingerprint density at radius 2 is 2.33 bits per heavy atom. The van der Waals surface area contributed by atoms with E-state index >= 15 is 0 Å². The summed E-state index contributed by atoms with van der Waals surface area (Å²) in [4.78, 5) is 16.3. The van der Waals surface area contributed by atoms with Crippen molar-refractivity contribution in [2.24, 2.45) is 0 Å². The van der Waals surface area contributed by atoms with Gasteiger partial charge in [0.05, 0.1) is 5.69 Å². The molecule has 1 aliphatic rings. The van der Waals surface area contributed by atoms with Gasteiger partial charge in [-0.05, 0) is 18.6 Å². The number of nitrogens with one attached hydrogen (secondary N) is 4. The molecule has 4 N–H and O–H groups in total. The van der Waals surface area contributed by atoms with Crippen LogP contribution in [0.25, 0.3) is 5.69 Å². The van der Waals surface area contributed by atoms with Crippen molar-refractivity contribution in [3.8, 4) is 5.69 Å².